The van der Waals surface area contributed by atoms with E-state index in [-0.39, 0.29) is 98.0 Å². The molecule has 0 fully saturated rings. The molecule has 0 aromatic rings. The van der Waals surface area contributed by atoms with E-state index in [1.807, 2.05) is 0 Å². The Bertz CT molecular complexity index is 1270. The molecule has 21 heteroatoms. The highest BCUT2D eigenvalue weighted by Gasteiger charge is 2.33. The van der Waals surface area contributed by atoms with E-state index in [1.54, 1.807) is 6.92 Å². The first-order chi connectivity index (χ1) is 28.5. The second kappa shape index (κ2) is 32.2. The minimum atomic E-state index is -1.13. The van der Waals surface area contributed by atoms with E-state index < -0.39 is 78.0 Å². The molecule has 0 aliphatic heterocycles. The van der Waals surface area contributed by atoms with Gasteiger partial charge in [0.1, 0.15) is 39.6 Å². The quantitative estimate of drug-likeness (QED) is 0.0295. The second-order valence-electron chi connectivity index (χ2n) is 12.2. The Labute approximate surface area is 347 Å². The number of rotatable bonds is 34. The SMILES string of the molecule is C=CC(=O)OCCOC(=O)CCC(=O)OC(C)OCC(CC)(COC(C)OC(=O)CCC(=O)OCCOC(=O)C=C)COC(C)OC(=O)CCC(=O)OCCOC(=O)C=C. The lowest BCUT2D eigenvalue weighted by atomic mass is 9.88. The highest BCUT2D eigenvalue weighted by Crippen LogP contribution is 2.27. The fourth-order valence-electron chi connectivity index (χ4n) is 4.05. The molecule has 0 spiro atoms. The molecule has 338 valence electrons. The molecule has 0 aliphatic rings. The van der Waals surface area contributed by atoms with Gasteiger partial charge in [0.25, 0.3) is 0 Å². The highest BCUT2D eigenvalue weighted by atomic mass is 16.7. The summed E-state index contributed by atoms with van der Waals surface area (Å²) in [5.41, 5.74) is -1.04. The average Bonchev–Trinajstić information content (AvgIpc) is 3.22. The minimum absolute atomic E-state index is 0.174. The molecule has 0 saturated carbocycles. The first-order valence-corrected chi connectivity index (χ1v) is 18.8. The molecule has 3 unspecified atom stereocenters. The molecule has 0 aliphatic carbocycles. The Morgan fingerprint density at radius 2 is 0.650 bits per heavy atom. The molecular weight excluding hydrogens is 804 g/mol. The monoisotopic (exact) mass is 860 g/mol. The number of ether oxygens (including phenoxy) is 12. The molecule has 0 radical (unpaired) electrons. The van der Waals surface area contributed by atoms with E-state index in [2.05, 4.69) is 19.7 Å². The molecule has 3 atom stereocenters. The van der Waals surface area contributed by atoms with Crippen molar-refractivity contribution in [2.24, 2.45) is 5.41 Å². The van der Waals surface area contributed by atoms with E-state index in [1.165, 1.54) is 20.8 Å². The van der Waals surface area contributed by atoms with Gasteiger partial charge in [-0.1, -0.05) is 26.7 Å². The third-order valence-corrected chi connectivity index (χ3v) is 7.39. The van der Waals surface area contributed by atoms with Crippen LogP contribution in [0.3, 0.4) is 0 Å². The zero-order valence-corrected chi connectivity index (χ0v) is 34.5. The zero-order valence-electron chi connectivity index (χ0n) is 34.5. The van der Waals surface area contributed by atoms with Crippen LogP contribution in [0, 0.1) is 5.41 Å². The summed E-state index contributed by atoms with van der Waals surface area (Å²) in [6.45, 7) is 14.0. The number of carbonyl (C=O) groups excluding carboxylic acids is 9. The predicted octanol–water partition coefficient (Wildman–Crippen LogP) is 2.26. The molecule has 0 saturated heterocycles. The highest BCUT2D eigenvalue weighted by molar-refractivity contribution is 5.82. The van der Waals surface area contributed by atoms with Crippen molar-refractivity contribution in [1.82, 2.24) is 0 Å². The summed E-state index contributed by atoms with van der Waals surface area (Å²) in [5.74, 6) is -6.59. The molecule has 0 amide bonds. The van der Waals surface area contributed by atoms with Gasteiger partial charge >= 0.3 is 53.7 Å². The first kappa shape index (κ1) is 54.3. The molecule has 0 bridgehead atoms. The van der Waals surface area contributed by atoms with Crippen LogP contribution >= 0.6 is 0 Å². The molecule has 0 rings (SSSR count). The lowest BCUT2D eigenvalue weighted by Crippen LogP contribution is -2.41. The second-order valence-corrected chi connectivity index (χ2v) is 12.2. The largest absolute Gasteiger partial charge is 0.462 e. The lowest BCUT2D eigenvalue weighted by Gasteiger charge is -2.34. The molecule has 21 nitrogen and oxygen atoms in total. The van der Waals surface area contributed by atoms with Gasteiger partial charge in [0.2, 0.25) is 0 Å². The van der Waals surface area contributed by atoms with Gasteiger partial charge in [-0.25, -0.2) is 14.4 Å². The summed E-state index contributed by atoms with van der Waals surface area (Å²) in [7, 11) is 0. The maximum atomic E-state index is 12.4. The van der Waals surface area contributed by atoms with Crippen molar-refractivity contribution < 1.29 is 100.0 Å². The van der Waals surface area contributed by atoms with Gasteiger partial charge in [0, 0.05) is 23.6 Å². The number of hydrogen-bond acceptors (Lipinski definition) is 21. The van der Waals surface area contributed by atoms with Gasteiger partial charge in [-0.05, 0) is 27.2 Å². The average molecular weight is 861 g/mol. The number of esters is 9. The molecular formula is C39H56O21. The van der Waals surface area contributed by atoms with Crippen molar-refractivity contribution in [3.8, 4) is 0 Å². The summed E-state index contributed by atoms with van der Waals surface area (Å²) in [5, 5.41) is 0. The Morgan fingerprint density at radius 3 is 0.883 bits per heavy atom. The van der Waals surface area contributed by atoms with Gasteiger partial charge in [-0.15, -0.1) is 0 Å². The van der Waals surface area contributed by atoms with Crippen LogP contribution in [0.1, 0.15) is 72.6 Å². The number of hydrogen-bond donors (Lipinski definition) is 0. The fraction of sp³-hybridized carbons (Fsp3) is 0.615. The van der Waals surface area contributed by atoms with Crippen LogP contribution in [-0.2, 0) is 100.0 Å². The van der Waals surface area contributed by atoms with Crippen molar-refractivity contribution >= 4 is 53.7 Å². The maximum Gasteiger partial charge on any atom is 0.330 e. The van der Waals surface area contributed by atoms with Gasteiger partial charge in [0.05, 0.1) is 58.3 Å². The van der Waals surface area contributed by atoms with Crippen LogP contribution in [0.5, 0.6) is 0 Å². The van der Waals surface area contributed by atoms with E-state index in [0.717, 1.165) is 18.2 Å². The van der Waals surface area contributed by atoms with Crippen molar-refractivity contribution in [3.63, 3.8) is 0 Å². The summed E-state index contributed by atoms with van der Waals surface area (Å²) in [6, 6.07) is 0. The Kier molecular flexibility index (Phi) is 29.2. The van der Waals surface area contributed by atoms with E-state index in [0.29, 0.717) is 6.42 Å². The Balaban J connectivity index is 5.26. The van der Waals surface area contributed by atoms with Crippen LogP contribution in [0.15, 0.2) is 38.0 Å². The van der Waals surface area contributed by atoms with Crippen molar-refractivity contribution in [1.29, 1.82) is 0 Å². The number of carbonyl (C=O) groups is 9. The van der Waals surface area contributed by atoms with Crippen LogP contribution in [0.2, 0.25) is 0 Å². The van der Waals surface area contributed by atoms with Gasteiger partial charge in [-0.2, -0.15) is 0 Å². The Hall–Kier alpha value is -5.67. The van der Waals surface area contributed by atoms with E-state index in [9.17, 15) is 43.2 Å². The third-order valence-electron chi connectivity index (χ3n) is 7.39. The van der Waals surface area contributed by atoms with Crippen LogP contribution in [-0.4, -0.2) is 132 Å². The van der Waals surface area contributed by atoms with Crippen molar-refractivity contribution in [2.75, 3.05) is 59.5 Å². The minimum Gasteiger partial charge on any atom is -0.462 e. The molecule has 0 aromatic carbocycles. The maximum absolute atomic E-state index is 12.4. The first-order valence-electron chi connectivity index (χ1n) is 18.8. The van der Waals surface area contributed by atoms with Crippen LogP contribution in [0.25, 0.3) is 0 Å². The van der Waals surface area contributed by atoms with Crippen molar-refractivity contribution in [3.05, 3.63) is 38.0 Å². The summed E-state index contributed by atoms with van der Waals surface area (Å²) >= 11 is 0. The fourth-order valence-corrected chi connectivity index (χ4v) is 4.05. The van der Waals surface area contributed by atoms with Gasteiger partial charge < -0.3 is 56.8 Å². The smallest absolute Gasteiger partial charge is 0.330 e. The van der Waals surface area contributed by atoms with Crippen molar-refractivity contribution in [2.45, 2.75) is 91.5 Å². The van der Waals surface area contributed by atoms with Crippen LogP contribution < -0.4 is 0 Å². The zero-order chi connectivity index (χ0) is 45.3. The molecule has 0 N–H and O–H groups in total. The third kappa shape index (κ3) is 28.7. The lowest BCUT2D eigenvalue weighted by molar-refractivity contribution is -0.214. The standard InChI is InChI=1S/C39H56O21/c1-8-30(40)49-18-21-52-33(43)12-15-36(46)58-27(5)55-24-39(11-4,25-56-28(6)59-37(47)16-13-34(44)53-22-19-50-31(41)9-2)26-57-29(7)60-38(48)17-14-35(45)54-23-20-51-32(42)10-3/h8-10,27-29H,1-3,11-26H2,4-7H3. The van der Waals surface area contributed by atoms with E-state index >= 15 is 0 Å². The van der Waals surface area contributed by atoms with Gasteiger partial charge in [-0.3, -0.25) is 28.8 Å². The molecule has 0 aromatic heterocycles. The molecule has 60 heavy (non-hydrogen) atoms. The summed E-state index contributed by atoms with van der Waals surface area (Å²) < 4.78 is 61.9. The summed E-state index contributed by atoms with van der Waals surface area (Å²) in [4.78, 5) is 106. The van der Waals surface area contributed by atoms with Crippen LogP contribution in [0.4, 0.5) is 0 Å². The van der Waals surface area contributed by atoms with E-state index in [4.69, 9.17) is 56.8 Å². The Morgan fingerprint density at radius 1 is 0.417 bits per heavy atom. The predicted molar refractivity (Wildman–Crippen MR) is 201 cm³/mol. The summed E-state index contributed by atoms with van der Waals surface area (Å²) in [6.07, 6.45) is -2.25. The normalized spacial score (nSPS) is 13.0. The molecule has 0 heterocycles. The topological polar surface area (TPSA) is 264 Å². The van der Waals surface area contributed by atoms with Gasteiger partial charge in [0.15, 0.2) is 18.9 Å².